The van der Waals surface area contributed by atoms with Gasteiger partial charge in [-0.05, 0) is 98.3 Å². The van der Waals surface area contributed by atoms with Crippen molar-refractivity contribution in [3.8, 4) is 36.0 Å². The maximum absolute atomic E-state index is 11.2. The Morgan fingerprint density at radius 2 is 1.05 bits per heavy atom. The van der Waals surface area contributed by atoms with Crippen LogP contribution < -0.4 is 4.90 Å². The fourth-order valence-electron chi connectivity index (χ4n) is 4.68. The van der Waals surface area contributed by atoms with Gasteiger partial charge < -0.3 is 10.0 Å². The molecule has 0 atom stereocenters. The molecule has 43 heavy (non-hydrogen) atoms. The van der Waals surface area contributed by atoms with Crippen LogP contribution >= 0.6 is 34.0 Å². The van der Waals surface area contributed by atoms with Crippen molar-refractivity contribution in [2.45, 2.75) is 13.8 Å². The zero-order chi connectivity index (χ0) is 29.9. The lowest BCUT2D eigenvalue weighted by Gasteiger charge is -2.26. The number of thiophene rings is 3. The Bertz CT molecular complexity index is 1920. The Labute approximate surface area is 262 Å². The zero-order valence-corrected chi connectivity index (χ0v) is 25.9. The van der Waals surface area contributed by atoms with E-state index in [0.717, 1.165) is 31.7 Å². The molecule has 6 rings (SSSR count). The minimum absolute atomic E-state index is 0.266. The molecule has 0 saturated heterocycles. The molecule has 210 valence electrons. The van der Waals surface area contributed by atoms with Crippen molar-refractivity contribution in [3.63, 3.8) is 0 Å². The monoisotopic (exact) mass is 614 g/mol. The predicted molar refractivity (Wildman–Crippen MR) is 182 cm³/mol. The largest absolute Gasteiger partial charge is 0.477 e. The lowest BCUT2D eigenvalue weighted by atomic mass is 10.1. The first-order valence-electron chi connectivity index (χ1n) is 13.6. The molecule has 3 aromatic heterocycles. The lowest BCUT2D eigenvalue weighted by molar-refractivity contribution is -0.132. The Balaban J connectivity index is 1.23. The number of carbonyl (C=O) groups is 1. The summed E-state index contributed by atoms with van der Waals surface area (Å²) < 4.78 is 0. The van der Waals surface area contributed by atoms with Crippen LogP contribution in [0.25, 0.3) is 36.0 Å². The minimum atomic E-state index is -1.21. The van der Waals surface area contributed by atoms with Gasteiger partial charge in [-0.1, -0.05) is 47.5 Å². The topological polar surface area (TPSA) is 64.3 Å². The lowest BCUT2D eigenvalue weighted by Crippen LogP contribution is -2.09. The van der Waals surface area contributed by atoms with Gasteiger partial charge in [0.1, 0.15) is 11.6 Å². The zero-order valence-electron chi connectivity index (χ0n) is 23.4. The summed E-state index contributed by atoms with van der Waals surface area (Å²) in [5, 5.41) is 18.2. The third kappa shape index (κ3) is 6.23. The summed E-state index contributed by atoms with van der Waals surface area (Å²) in [7, 11) is 0. The normalized spacial score (nSPS) is 11.3. The molecule has 0 radical (unpaired) electrons. The van der Waals surface area contributed by atoms with Gasteiger partial charge in [-0.15, -0.1) is 34.0 Å². The third-order valence-corrected chi connectivity index (χ3v) is 10.6. The van der Waals surface area contributed by atoms with E-state index in [0.29, 0.717) is 0 Å². The molecule has 4 nitrogen and oxygen atoms in total. The molecule has 3 heterocycles. The van der Waals surface area contributed by atoms with Gasteiger partial charge in [-0.2, -0.15) is 5.26 Å². The molecular formula is C36H26N2O2S3. The quantitative estimate of drug-likeness (QED) is 0.137. The van der Waals surface area contributed by atoms with Gasteiger partial charge in [0.2, 0.25) is 0 Å². The summed E-state index contributed by atoms with van der Waals surface area (Å²) in [6.07, 6.45) is 1.42. The van der Waals surface area contributed by atoms with Crippen LogP contribution in [0.3, 0.4) is 0 Å². The van der Waals surface area contributed by atoms with Gasteiger partial charge in [0.15, 0.2) is 0 Å². The Kier molecular flexibility index (Phi) is 8.08. The van der Waals surface area contributed by atoms with E-state index in [9.17, 15) is 4.79 Å². The molecule has 0 amide bonds. The average Bonchev–Trinajstić information content (AvgIpc) is 3.79. The van der Waals surface area contributed by atoms with E-state index in [2.05, 4.69) is 116 Å². The molecule has 0 saturated carbocycles. The highest BCUT2D eigenvalue weighted by Crippen LogP contribution is 2.43. The highest BCUT2D eigenvalue weighted by Gasteiger charge is 2.14. The number of hydrogen-bond acceptors (Lipinski definition) is 6. The van der Waals surface area contributed by atoms with Gasteiger partial charge in [0.05, 0.1) is 0 Å². The molecule has 3 aromatic carbocycles. The van der Waals surface area contributed by atoms with Crippen LogP contribution in [-0.2, 0) is 4.79 Å². The SMILES string of the molecule is Cc1ccc(N(c2ccc(C)cc2)c2ccc(-c3ccc(-c4ccc(-c5ccc(C=C(C#N)C(=O)O)s5)s4)s3)cc2)cc1. The molecule has 6 aromatic rings. The smallest absolute Gasteiger partial charge is 0.346 e. The molecule has 0 aliphatic rings. The molecule has 0 spiro atoms. The second-order valence-corrected chi connectivity index (χ2v) is 13.3. The number of carboxylic acid groups (broad SMARTS) is 1. The Hall–Kier alpha value is -4.74. The number of aryl methyl sites for hydroxylation is 2. The standard InChI is InChI=1S/C36H26N2O2S3/c1-23-3-9-27(10-4-23)38(28-11-5-24(2)6-12-28)29-13-7-25(8-14-29)31-17-18-34(42-31)35-20-19-33(43-35)32-16-15-30(41-32)21-26(22-37)36(39)40/h3-21H,1-2H3,(H,39,40). The van der Waals surface area contributed by atoms with Crippen molar-refractivity contribution >= 4 is 63.1 Å². The van der Waals surface area contributed by atoms with Crippen LogP contribution in [0, 0.1) is 25.2 Å². The molecule has 0 aliphatic heterocycles. The van der Waals surface area contributed by atoms with E-state index in [1.165, 1.54) is 48.7 Å². The van der Waals surface area contributed by atoms with Crippen LogP contribution in [0.15, 0.2) is 115 Å². The summed E-state index contributed by atoms with van der Waals surface area (Å²) >= 11 is 4.95. The van der Waals surface area contributed by atoms with Gasteiger partial charge in [-0.3, -0.25) is 0 Å². The molecule has 7 heteroatoms. The first-order valence-corrected chi connectivity index (χ1v) is 16.0. The first kappa shape index (κ1) is 28.4. The first-order chi connectivity index (χ1) is 20.9. The van der Waals surface area contributed by atoms with Crippen LogP contribution in [0.5, 0.6) is 0 Å². The number of carboxylic acids is 1. The molecule has 0 aliphatic carbocycles. The summed E-state index contributed by atoms with van der Waals surface area (Å²) in [5.41, 5.74) is 6.72. The summed E-state index contributed by atoms with van der Waals surface area (Å²) in [6, 6.07) is 40.1. The van der Waals surface area contributed by atoms with Crippen molar-refractivity contribution < 1.29 is 9.90 Å². The number of anilines is 3. The van der Waals surface area contributed by atoms with Crippen molar-refractivity contribution in [1.82, 2.24) is 0 Å². The number of hydrogen-bond donors (Lipinski definition) is 1. The molecule has 0 unspecified atom stereocenters. The highest BCUT2D eigenvalue weighted by atomic mass is 32.1. The van der Waals surface area contributed by atoms with Crippen LogP contribution in [0.1, 0.15) is 16.0 Å². The van der Waals surface area contributed by atoms with E-state index in [1.54, 1.807) is 28.7 Å². The highest BCUT2D eigenvalue weighted by molar-refractivity contribution is 7.27. The van der Waals surface area contributed by atoms with Crippen LogP contribution in [0.2, 0.25) is 0 Å². The van der Waals surface area contributed by atoms with Crippen molar-refractivity contribution in [1.29, 1.82) is 5.26 Å². The number of aliphatic carboxylic acids is 1. The number of nitrogens with zero attached hydrogens (tertiary/aromatic N) is 2. The summed E-state index contributed by atoms with van der Waals surface area (Å²) in [5.74, 6) is -1.21. The Morgan fingerprint density at radius 1 is 0.628 bits per heavy atom. The fourth-order valence-corrected chi connectivity index (χ4v) is 7.83. The maximum atomic E-state index is 11.2. The van der Waals surface area contributed by atoms with Gasteiger partial charge >= 0.3 is 5.97 Å². The van der Waals surface area contributed by atoms with Crippen LogP contribution in [0.4, 0.5) is 17.1 Å². The predicted octanol–water partition coefficient (Wildman–Crippen LogP) is 11.0. The van der Waals surface area contributed by atoms with Gasteiger partial charge in [-0.25, -0.2) is 4.79 Å². The average molecular weight is 615 g/mol. The summed E-state index contributed by atoms with van der Waals surface area (Å²) in [6.45, 7) is 4.21. The van der Waals surface area contributed by atoms with Gasteiger partial charge in [0.25, 0.3) is 0 Å². The van der Waals surface area contributed by atoms with Crippen LogP contribution in [-0.4, -0.2) is 11.1 Å². The van der Waals surface area contributed by atoms with Crippen molar-refractivity contribution in [3.05, 3.63) is 131 Å². The van der Waals surface area contributed by atoms with E-state index < -0.39 is 5.97 Å². The third-order valence-electron chi connectivity index (χ3n) is 6.96. The fraction of sp³-hybridized carbons (Fsp3) is 0.0556. The summed E-state index contributed by atoms with van der Waals surface area (Å²) in [4.78, 5) is 19.9. The number of rotatable bonds is 8. The Morgan fingerprint density at radius 3 is 1.53 bits per heavy atom. The molecule has 1 N–H and O–H groups in total. The van der Waals surface area contributed by atoms with E-state index >= 15 is 0 Å². The second kappa shape index (κ2) is 12.2. The molecular weight excluding hydrogens is 589 g/mol. The number of benzene rings is 3. The van der Waals surface area contributed by atoms with E-state index in [-0.39, 0.29) is 5.57 Å². The van der Waals surface area contributed by atoms with E-state index in [1.807, 2.05) is 12.1 Å². The van der Waals surface area contributed by atoms with E-state index in [4.69, 9.17) is 10.4 Å². The van der Waals surface area contributed by atoms with Crippen molar-refractivity contribution in [2.24, 2.45) is 0 Å². The van der Waals surface area contributed by atoms with Gasteiger partial charge in [0, 0.05) is 46.3 Å². The maximum Gasteiger partial charge on any atom is 0.346 e. The number of nitriles is 1. The van der Waals surface area contributed by atoms with Crippen molar-refractivity contribution in [2.75, 3.05) is 4.90 Å². The minimum Gasteiger partial charge on any atom is -0.477 e. The second-order valence-electron chi connectivity index (χ2n) is 10.1. The molecule has 0 bridgehead atoms. The molecule has 0 fully saturated rings.